The molecule has 0 bridgehead atoms. The molecule has 1 heterocycles. The highest BCUT2D eigenvalue weighted by Crippen LogP contribution is 2.27. The molecule has 0 spiro atoms. The minimum absolute atomic E-state index is 0.0199. The second-order valence-corrected chi connectivity index (χ2v) is 6.55. The predicted molar refractivity (Wildman–Crippen MR) is 101 cm³/mol. The van der Waals surface area contributed by atoms with Crippen LogP contribution in [0.4, 0.5) is 0 Å². The number of hydrogen-bond donors (Lipinski definition) is 1. The standard InChI is InChI=1S/C21H24N2O2/c1-14(2)23(13-16-8-6-5-7-9-16)21(24)20-15(3)18-12-17(25-4)10-11-19(18)22-20/h5-12,14,22H,13H2,1-4H3. The second-order valence-electron chi connectivity index (χ2n) is 6.55. The molecule has 1 aromatic heterocycles. The number of nitrogens with zero attached hydrogens (tertiary/aromatic N) is 1. The van der Waals surface area contributed by atoms with Crippen LogP contribution in [0.15, 0.2) is 48.5 Å². The Balaban J connectivity index is 1.97. The lowest BCUT2D eigenvalue weighted by Crippen LogP contribution is -2.36. The van der Waals surface area contributed by atoms with Gasteiger partial charge in [0.15, 0.2) is 0 Å². The molecule has 4 nitrogen and oxygen atoms in total. The van der Waals surface area contributed by atoms with E-state index in [1.54, 1.807) is 7.11 Å². The largest absolute Gasteiger partial charge is 0.497 e. The van der Waals surface area contributed by atoms with Gasteiger partial charge in [0.1, 0.15) is 11.4 Å². The number of nitrogens with one attached hydrogen (secondary N) is 1. The number of hydrogen-bond acceptors (Lipinski definition) is 2. The van der Waals surface area contributed by atoms with Crippen molar-refractivity contribution in [3.8, 4) is 5.75 Å². The monoisotopic (exact) mass is 336 g/mol. The van der Waals surface area contributed by atoms with Gasteiger partial charge in [-0.25, -0.2) is 0 Å². The summed E-state index contributed by atoms with van der Waals surface area (Å²) in [7, 11) is 1.65. The highest BCUT2D eigenvalue weighted by molar-refractivity contribution is 6.01. The molecule has 4 heteroatoms. The summed E-state index contributed by atoms with van der Waals surface area (Å²) in [5, 5.41) is 1.02. The van der Waals surface area contributed by atoms with Gasteiger partial charge in [0.2, 0.25) is 0 Å². The number of aryl methyl sites for hydroxylation is 1. The molecule has 0 unspecified atom stereocenters. The summed E-state index contributed by atoms with van der Waals surface area (Å²) < 4.78 is 5.30. The van der Waals surface area contributed by atoms with Crippen LogP contribution < -0.4 is 4.74 Å². The summed E-state index contributed by atoms with van der Waals surface area (Å²) in [4.78, 5) is 18.4. The van der Waals surface area contributed by atoms with Crippen LogP contribution in [0.1, 0.15) is 35.5 Å². The Kier molecular flexibility index (Phi) is 4.79. The highest BCUT2D eigenvalue weighted by atomic mass is 16.5. The number of amides is 1. The summed E-state index contributed by atoms with van der Waals surface area (Å²) >= 11 is 0. The first kappa shape index (κ1) is 17.1. The van der Waals surface area contributed by atoms with Crippen LogP contribution in [0.2, 0.25) is 0 Å². The molecule has 3 rings (SSSR count). The molecule has 0 aliphatic heterocycles. The van der Waals surface area contributed by atoms with Crippen molar-refractivity contribution in [1.82, 2.24) is 9.88 Å². The predicted octanol–water partition coefficient (Wildman–Crippen LogP) is 4.54. The zero-order chi connectivity index (χ0) is 18.0. The third-order valence-electron chi connectivity index (χ3n) is 4.56. The summed E-state index contributed by atoms with van der Waals surface area (Å²) in [6, 6.07) is 16.0. The van der Waals surface area contributed by atoms with Gasteiger partial charge in [0.05, 0.1) is 7.11 Å². The number of methoxy groups -OCH3 is 1. The number of fused-ring (bicyclic) bond motifs is 1. The van der Waals surface area contributed by atoms with Crippen molar-refractivity contribution in [2.45, 2.75) is 33.4 Å². The van der Waals surface area contributed by atoms with Gasteiger partial charge in [-0.15, -0.1) is 0 Å². The second kappa shape index (κ2) is 7.01. The van der Waals surface area contributed by atoms with E-state index in [0.717, 1.165) is 27.8 Å². The summed E-state index contributed by atoms with van der Waals surface area (Å²) in [6.45, 7) is 6.66. The molecule has 0 saturated carbocycles. The van der Waals surface area contributed by atoms with Crippen molar-refractivity contribution in [2.24, 2.45) is 0 Å². The topological polar surface area (TPSA) is 45.3 Å². The van der Waals surface area contributed by atoms with Crippen LogP contribution in [0, 0.1) is 6.92 Å². The molecule has 25 heavy (non-hydrogen) atoms. The first-order valence-corrected chi connectivity index (χ1v) is 8.52. The number of carbonyl (C=O) groups excluding carboxylic acids is 1. The Morgan fingerprint density at radius 1 is 1.16 bits per heavy atom. The Morgan fingerprint density at radius 2 is 1.88 bits per heavy atom. The molecule has 0 saturated heterocycles. The van der Waals surface area contributed by atoms with E-state index in [2.05, 4.69) is 4.98 Å². The maximum Gasteiger partial charge on any atom is 0.271 e. The SMILES string of the molecule is COc1ccc2[nH]c(C(=O)N(Cc3ccccc3)C(C)C)c(C)c2c1. The molecule has 2 aromatic carbocycles. The third kappa shape index (κ3) is 3.38. The number of benzene rings is 2. The van der Waals surface area contributed by atoms with E-state index in [4.69, 9.17) is 4.74 Å². The minimum Gasteiger partial charge on any atom is -0.497 e. The smallest absolute Gasteiger partial charge is 0.271 e. The number of H-pyrrole nitrogens is 1. The van der Waals surface area contributed by atoms with Crippen molar-refractivity contribution >= 4 is 16.8 Å². The van der Waals surface area contributed by atoms with E-state index < -0.39 is 0 Å². The van der Waals surface area contributed by atoms with Crippen LogP contribution in [0.3, 0.4) is 0 Å². The molecular weight excluding hydrogens is 312 g/mol. The zero-order valence-electron chi connectivity index (χ0n) is 15.2. The van der Waals surface area contributed by atoms with Crippen molar-refractivity contribution in [3.05, 3.63) is 65.4 Å². The average Bonchev–Trinajstić information content (AvgIpc) is 2.96. The highest BCUT2D eigenvalue weighted by Gasteiger charge is 2.23. The lowest BCUT2D eigenvalue weighted by Gasteiger charge is -2.27. The molecular formula is C21H24N2O2. The maximum absolute atomic E-state index is 13.2. The number of carbonyl (C=O) groups is 1. The molecule has 1 N–H and O–H groups in total. The van der Waals surface area contributed by atoms with E-state index in [-0.39, 0.29) is 11.9 Å². The van der Waals surface area contributed by atoms with Crippen LogP contribution in [-0.2, 0) is 6.54 Å². The van der Waals surface area contributed by atoms with E-state index in [9.17, 15) is 4.79 Å². The Labute approximate surface area is 148 Å². The van der Waals surface area contributed by atoms with E-state index in [1.807, 2.05) is 74.2 Å². The van der Waals surface area contributed by atoms with Crippen molar-refractivity contribution in [1.29, 1.82) is 0 Å². The fraction of sp³-hybridized carbons (Fsp3) is 0.286. The fourth-order valence-corrected chi connectivity index (χ4v) is 3.06. The van der Waals surface area contributed by atoms with Gasteiger partial charge in [0.25, 0.3) is 5.91 Å². The van der Waals surface area contributed by atoms with Crippen molar-refractivity contribution in [3.63, 3.8) is 0 Å². The first-order valence-electron chi connectivity index (χ1n) is 8.52. The van der Waals surface area contributed by atoms with Gasteiger partial charge in [-0.05, 0) is 50.1 Å². The number of rotatable bonds is 5. The molecule has 130 valence electrons. The molecule has 0 atom stereocenters. The summed E-state index contributed by atoms with van der Waals surface area (Å²) in [5.41, 5.74) is 3.68. The Morgan fingerprint density at radius 3 is 2.52 bits per heavy atom. The van der Waals surface area contributed by atoms with E-state index in [0.29, 0.717) is 12.2 Å². The van der Waals surface area contributed by atoms with Gasteiger partial charge in [-0.2, -0.15) is 0 Å². The number of aromatic nitrogens is 1. The van der Waals surface area contributed by atoms with E-state index in [1.165, 1.54) is 0 Å². The minimum atomic E-state index is 0.0199. The third-order valence-corrected chi connectivity index (χ3v) is 4.56. The van der Waals surface area contributed by atoms with Gasteiger partial charge in [-0.1, -0.05) is 30.3 Å². The Bertz CT molecular complexity index is 882. The molecule has 1 amide bonds. The summed E-state index contributed by atoms with van der Waals surface area (Å²) in [5.74, 6) is 0.810. The van der Waals surface area contributed by atoms with Gasteiger partial charge in [-0.3, -0.25) is 4.79 Å². The van der Waals surface area contributed by atoms with Crippen molar-refractivity contribution < 1.29 is 9.53 Å². The molecule has 0 radical (unpaired) electrons. The average molecular weight is 336 g/mol. The molecule has 0 aliphatic carbocycles. The lowest BCUT2D eigenvalue weighted by molar-refractivity contribution is 0.0684. The first-order chi connectivity index (χ1) is 12.0. The fourth-order valence-electron chi connectivity index (χ4n) is 3.06. The van der Waals surface area contributed by atoms with Gasteiger partial charge >= 0.3 is 0 Å². The molecule has 0 fully saturated rings. The van der Waals surface area contributed by atoms with Gasteiger partial charge < -0.3 is 14.6 Å². The van der Waals surface area contributed by atoms with E-state index >= 15 is 0 Å². The number of aromatic amines is 1. The van der Waals surface area contributed by atoms with Gasteiger partial charge in [0, 0.05) is 23.5 Å². The van der Waals surface area contributed by atoms with Crippen molar-refractivity contribution in [2.75, 3.05) is 7.11 Å². The quantitative estimate of drug-likeness (QED) is 0.744. The number of ether oxygens (including phenoxy) is 1. The van der Waals surface area contributed by atoms with Crippen LogP contribution in [-0.4, -0.2) is 28.9 Å². The Hall–Kier alpha value is -2.75. The van der Waals surface area contributed by atoms with Crippen LogP contribution in [0.5, 0.6) is 5.75 Å². The molecule has 0 aliphatic rings. The maximum atomic E-state index is 13.2. The van der Waals surface area contributed by atoms with Crippen LogP contribution >= 0.6 is 0 Å². The van der Waals surface area contributed by atoms with Crippen LogP contribution in [0.25, 0.3) is 10.9 Å². The lowest BCUT2D eigenvalue weighted by atomic mass is 10.1. The summed E-state index contributed by atoms with van der Waals surface area (Å²) in [6.07, 6.45) is 0. The zero-order valence-corrected chi connectivity index (χ0v) is 15.2. The molecule has 3 aromatic rings. The normalized spacial score (nSPS) is 11.1.